The Kier molecular flexibility index (Phi) is 3.07. The van der Waals surface area contributed by atoms with Crippen LogP contribution in [0.5, 0.6) is 0 Å². The smallest absolute Gasteiger partial charge is 0.160 e. The van der Waals surface area contributed by atoms with E-state index in [1.54, 1.807) is 6.07 Å². The Bertz CT molecular complexity index is 805. The largest absolute Gasteiger partial charge is 0.294 e. The Labute approximate surface area is 116 Å². The van der Waals surface area contributed by atoms with Crippen molar-refractivity contribution in [3.05, 3.63) is 72.0 Å². The van der Waals surface area contributed by atoms with Crippen LogP contribution in [0.3, 0.4) is 0 Å². The van der Waals surface area contributed by atoms with E-state index >= 15 is 0 Å². The maximum atomic E-state index is 13.5. The van der Waals surface area contributed by atoms with Crippen LogP contribution >= 0.6 is 0 Å². The molecule has 0 radical (unpaired) electrons. The van der Waals surface area contributed by atoms with E-state index < -0.39 is 0 Å². The lowest BCUT2D eigenvalue weighted by molar-refractivity contribution is 0.101. The third-order valence-electron chi connectivity index (χ3n) is 3.42. The minimum Gasteiger partial charge on any atom is -0.294 e. The van der Waals surface area contributed by atoms with Gasteiger partial charge >= 0.3 is 0 Å². The molecular formula is C18H13FO. The maximum Gasteiger partial charge on any atom is 0.160 e. The summed E-state index contributed by atoms with van der Waals surface area (Å²) in [5.41, 5.74) is 2.04. The lowest BCUT2D eigenvalue weighted by Crippen LogP contribution is -1.97. The van der Waals surface area contributed by atoms with Crippen molar-refractivity contribution in [2.75, 3.05) is 0 Å². The molecule has 98 valence electrons. The molecule has 0 aliphatic heterocycles. The second-order valence-electron chi connectivity index (χ2n) is 4.81. The molecule has 0 fully saturated rings. The van der Waals surface area contributed by atoms with Gasteiger partial charge in [0.2, 0.25) is 0 Å². The fourth-order valence-electron chi connectivity index (χ4n) is 2.42. The van der Waals surface area contributed by atoms with Crippen molar-refractivity contribution < 1.29 is 9.18 Å². The zero-order valence-corrected chi connectivity index (χ0v) is 11.1. The monoisotopic (exact) mass is 264 g/mol. The Morgan fingerprint density at radius 2 is 1.65 bits per heavy atom. The van der Waals surface area contributed by atoms with Gasteiger partial charge in [0.25, 0.3) is 0 Å². The van der Waals surface area contributed by atoms with Gasteiger partial charge in [-0.2, -0.15) is 0 Å². The average Bonchev–Trinajstić information content (AvgIpc) is 2.46. The van der Waals surface area contributed by atoms with Crippen LogP contribution in [0, 0.1) is 5.82 Å². The summed E-state index contributed by atoms with van der Waals surface area (Å²) in [4.78, 5) is 11.7. The number of carbonyl (C=O) groups is 1. The van der Waals surface area contributed by atoms with Crippen LogP contribution in [0.4, 0.5) is 4.39 Å². The van der Waals surface area contributed by atoms with E-state index in [-0.39, 0.29) is 11.6 Å². The van der Waals surface area contributed by atoms with Crippen molar-refractivity contribution in [3.63, 3.8) is 0 Å². The van der Waals surface area contributed by atoms with E-state index in [9.17, 15) is 9.18 Å². The Morgan fingerprint density at radius 3 is 2.40 bits per heavy atom. The lowest BCUT2D eigenvalue weighted by Gasteiger charge is -2.09. The molecule has 0 bridgehead atoms. The van der Waals surface area contributed by atoms with Gasteiger partial charge in [-0.1, -0.05) is 36.4 Å². The third-order valence-corrected chi connectivity index (χ3v) is 3.42. The van der Waals surface area contributed by atoms with Gasteiger partial charge in [-0.3, -0.25) is 4.79 Å². The van der Waals surface area contributed by atoms with Gasteiger partial charge in [-0.05, 0) is 53.1 Å². The number of halogens is 1. The second kappa shape index (κ2) is 4.89. The summed E-state index contributed by atoms with van der Waals surface area (Å²) in [5.74, 6) is -0.397. The summed E-state index contributed by atoms with van der Waals surface area (Å²) in [6.07, 6.45) is 0. The van der Waals surface area contributed by atoms with E-state index in [1.165, 1.54) is 19.1 Å². The number of fused-ring (bicyclic) bond motifs is 1. The number of carbonyl (C=O) groups excluding carboxylic acids is 1. The number of hydrogen-bond acceptors (Lipinski definition) is 1. The van der Waals surface area contributed by atoms with Crippen LogP contribution < -0.4 is 0 Å². The normalized spacial score (nSPS) is 10.7. The van der Waals surface area contributed by atoms with Gasteiger partial charge in [0.1, 0.15) is 5.82 Å². The molecule has 0 aromatic heterocycles. The molecule has 0 atom stereocenters. The van der Waals surface area contributed by atoms with Gasteiger partial charge < -0.3 is 0 Å². The molecule has 0 amide bonds. The highest BCUT2D eigenvalue weighted by atomic mass is 19.1. The Hall–Kier alpha value is -2.48. The van der Waals surface area contributed by atoms with Crippen LogP contribution in [0.15, 0.2) is 60.7 Å². The first-order valence-corrected chi connectivity index (χ1v) is 6.45. The predicted molar refractivity (Wildman–Crippen MR) is 79.3 cm³/mol. The zero-order valence-electron chi connectivity index (χ0n) is 11.1. The highest BCUT2D eigenvalue weighted by Gasteiger charge is 2.10. The molecular weight excluding hydrogens is 251 g/mol. The van der Waals surface area contributed by atoms with Crippen molar-refractivity contribution >= 4 is 16.6 Å². The summed E-state index contributed by atoms with van der Waals surface area (Å²) in [5, 5.41) is 2.20. The SMILES string of the molecule is CC(=O)c1ccc(F)cc1-c1ccc2ccccc2c1. The number of ketones is 1. The van der Waals surface area contributed by atoms with E-state index in [0.717, 1.165) is 16.3 Å². The summed E-state index contributed by atoms with van der Waals surface area (Å²) < 4.78 is 13.5. The van der Waals surface area contributed by atoms with E-state index in [2.05, 4.69) is 0 Å². The molecule has 0 spiro atoms. The first-order chi connectivity index (χ1) is 9.65. The Balaban J connectivity index is 2.24. The minimum atomic E-state index is -0.335. The Morgan fingerprint density at radius 1 is 0.900 bits per heavy atom. The van der Waals surface area contributed by atoms with Gasteiger partial charge in [-0.15, -0.1) is 0 Å². The van der Waals surface area contributed by atoms with E-state index in [0.29, 0.717) is 11.1 Å². The standard InChI is InChI=1S/C18H13FO/c1-12(20)17-9-8-16(19)11-18(17)15-7-6-13-4-2-3-5-14(13)10-15/h2-11H,1H3. The molecule has 0 saturated heterocycles. The summed E-state index contributed by atoms with van der Waals surface area (Å²) >= 11 is 0. The van der Waals surface area contributed by atoms with Gasteiger partial charge in [0, 0.05) is 5.56 Å². The van der Waals surface area contributed by atoms with Crippen LogP contribution in [0.1, 0.15) is 17.3 Å². The van der Waals surface area contributed by atoms with Gasteiger partial charge in [0.05, 0.1) is 0 Å². The van der Waals surface area contributed by atoms with Crippen molar-refractivity contribution in [1.82, 2.24) is 0 Å². The molecule has 0 aliphatic carbocycles. The van der Waals surface area contributed by atoms with Crippen molar-refractivity contribution in [1.29, 1.82) is 0 Å². The molecule has 3 aromatic carbocycles. The molecule has 3 rings (SSSR count). The van der Waals surface area contributed by atoms with Crippen molar-refractivity contribution in [2.45, 2.75) is 6.92 Å². The number of hydrogen-bond donors (Lipinski definition) is 0. The molecule has 1 nitrogen and oxygen atoms in total. The highest BCUT2D eigenvalue weighted by Crippen LogP contribution is 2.28. The molecule has 20 heavy (non-hydrogen) atoms. The van der Waals surface area contributed by atoms with Crippen LogP contribution in [0.2, 0.25) is 0 Å². The fraction of sp³-hybridized carbons (Fsp3) is 0.0556. The summed E-state index contributed by atoms with van der Waals surface area (Å²) in [6.45, 7) is 1.50. The summed E-state index contributed by atoms with van der Waals surface area (Å²) in [7, 11) is 0. The molecule has 3 aromatic rings. The molecule has 2 heteroatoms. The minimum absolute atomic E-state index is 0.0619. The second-order valence-corrected chi connectivity index (χ2v) is 4.81. The predicted octanol–water partition coefficient (Wildman–Crippen LogP) is 4.85. The fourth-order valence-corrected chi connectivity index (χ4v) is 2.42. The third kappa shape index (κ3) is 2.21. The van der Waals surface area contributed by atoms with Crippen LogP contribution in [-0.4, -0.2) is 5.78 Å². The molecule has 0 unspecified atom stereocenters. The van der Waals surface area contributed by atoms with E-state index in [1.807, 2.05) is 42.5 Å². The lowest BCUT2D eigenvalue weighted by atomic mass is 9.95. The quantitative estimate of drug-likeness (QED) is 0.605. The van der Waals surface area contributed by atoms with Crippen LogP contribution in [0.25, 0.3) is 21.9 Å². The first kappa shape index (κ1) is 12.5. The molecule has 0 saturated carbocycles. The van der Waals surface area contributed by atoms with Crippen molar-refractivity contribution in [3.8, 4) is 11.1 Å². The topological polar surface area (TPSA) is 17.1 Å². The first-order valence-electron chi connectivity index (χ1n) is 6.45. The molecule has 0 N–H and O–H groups in total. The van der Waals surface area contributed by atoms with Gasteiger partial charge in [0.15, 0.2) is 5.78 Å². The zero-order chi connectivity index (χ0) is 14.1. The average molecular weight is 264 g/mol. The highest BCUT2D eigenvalue weighted by molar-refractivity contribution is 6.01. The summed E-state index contributed by atoms with van der Waals surface area (Å²) in [6, 6.07) is 18.1. The molecule has 0 heterocycles. The number of Topliss-reactive ketones (excluding diaryl/α,β-unsaturated/α-hetero) is 1. The van der Waals surface area contributed by atoms with E-state index in [4.69, 9.17) is 0 Å². The van der Waals surface area contributed by atoms with Crippen LogP contribution in [-0.2, 0) is 0 Å². The molecule has 0 aliphatic rings. The van der Waals surface area contributed by atoms with Crippen molar-refractivity contribution in [2.24, 2.45) is 0 Å². The van der Waals surface area contributed by atoms with Gasteiger partial charge in [-0.25, -0.2) is 4.39 Å². The number of rotatable bonds is 2. The number of benzene rings is 3. The maximum absolute atomic E-state index is 13.5.